The van der Waals surface area contributed by atoms with Gasteiger partial charge < -0.3 is 19.2 Å². The first kappa shape index (κ1) is 20.9. The lowest BCUT2D eigenvalue weighted by Gasteiger charge is -2.09. The van der Waals surface area contributed by atoms with Crippen molar-refractivity contribution in [1.29, 1.82) is 0 Å². The summed E-state index contributed by atoms with van der Waals surface area (Å²) in [5.74, 6) is -0.384. The summed E-state index contributed by atoms with van der Waals surface area (Å²) in [6, 6.07) is 11.5. The molecule has 1 amide bonds. The number of hydrogen-bond donors (Lipinski definition) is 1. The Morgan fingerprint density at radius 1 is 1.07 bits per heavy atom. The van der Waals surface area contributed by atoms with E-state index in [0.29, 0.717) is 11.1 Å². The van der Waals surface area contributed by atoms with Crippen molar-refractivity contribution in [2.45, 2.75) is 13.8 Å². The number of ether oxygens (including phenoxy) is 2. The van der Waals surface area contributed by atoms with Gasteiger partial charge >= 0.3 is 11.6 Å². The van der Waals surface area contributed by atoms with Crippen molar-refractivity contribution in [2.75, 3.05) is 13.2 Å². The predicted octanol–water partition coefficient (Wildman–Crippen LogP) is 3.31. The van der Waals surface area contributed by atoms with E-state index in [1.807, 2.05) is 26.0 Å². The fraction of sp³-hybridized carbons (Fsp3) is 0.174. The molecule has 7 heteroatoms. The minimum absolute atomic E-state index is 0.115. The molecule has 0 fully saturated rings. The van der Waals surface area contributed by atoms with Crippen molar-refractivity contribution < 1.29 is 23.5 Å². The zero-order valence-electron chi connectivity index (χ0n) is 16.7. The van der Waals surface area contributed by atoms with E-state index in [9.17, 15) is 14.4 Å². The lowest BCUT2D eigenvalue weighted by molar-refractivity contribution is -0.136. The summed E-state index contributed by atoms with van der Waals surface area (Å²) >= 11 is 0. The highest BCUT2D eigenvalue weighted by Gasteiger charge is 2.14. The highest BCUT2D eigenvalue weighted by Crippen LogP contribution is 2.21. The predicted molar refractivity (Wildman–Crippen MR) is 112 cm³/mol. The summed E-state index contributed by atoms with van der Waals surface area (Å²) in [4.78, 5) is 36.2. The number of carbonyl (C=O) groups excluding carboxylic acids is 2. The van der Waals surface area contributed by atoms with Gasteiger partial charge in [-0.1, -0.05) is 12.1 Å². The average Bonchev–Trinajstić information content (AvgIpc) is 2.72. The molecule has 0 atom stereocenters. The van der Waals surface area contributed by atoms with E-state index in [0.717, 1.165) is 11.1 Å². The van der Waals surface area contributed by atoms with Crippen molar-refractivity contribution >= 4 is 22.8 Å². The van der Waals surface area contributed by atoms with E-state index in [1.54, 1.807) is 18.2 Å². The minimum atomic E-state index is -0.786. The number of benzene rings is 2. The molecule has 0 unspecified atom stereocenters. The van der Waals surface area contributed by atoms with E-state index < -0.39 is 17.5 Å². The van der Waals surface area contributed by atoms with Crippen LogP contribution in [0, 0.1) is 13.8 Å². The Hall–Kier alpha value is -3.87. The number of fused-ring (bicyclic) bond motifs is 1. The molecular weight excluding hydrogens is 386 g/mol. The third-order valence-corrected chi connectivity index (χ3v) is 4.43. The molecule has 1 heterocycles. The van der Waals surface area contributed by atoms with E-state index in [4.69, 9.17) is 13.9 Å². The Kier molecular flexibility index (Phi) is 6.32. The molecule has 3 rings (SSSR count). The maximum absolute atomic E-state index is 12.1. The summed E-state index contributed by atoms with van der Waals surface area (Å²) in [7, 11) is 0. The van der Waals surface area contributed by atoms with Crippen LogP contribution in [-0.2, 0) is 4.79 Å². The lowest BCUT2D eigenvalue weighted by Crippen LogP contribution is -2.28. The Labute approximate surface area is 172 Å². The zero-order valence-corrected chi connectivity index (χ0v) is 16.7. The minimum Gasteiger partial charge on any atom is -0.482 e. The van der Waals surface area contributed by atoms with Crippen molar-refractivity contribution in [2.24, 2.45) is 0 Å². The summed E-state index contributed by atoms with van der Waals surface area (Å²) in [6.07, 6.45) is 1.50. The first-order chi connectivity index (χ1) is 14.4. The molecule has 0 spiro atoms. The van der Waals surface area contributed by atoms with Crippen LogP contribution in [0.3, 0.4) is 0 Å². The van der Waals surface area contributed by atoms with Crippen LogP contribution in [0.1, 0.15) is 21.5 Å². The second kappa shape index (κ2) is 9.09. The van der Waals surface area contributed by atoms with Gasteiger partial charge in [0.25, 0.3) is 5.91 Å². The summed E-state index contributed by atoms with van der Waals surface area (Å²) in [6.45, 7) is 7.41. The number of hydrogen-bond acceptors (Lipinski definition) is 6. The molecule has 1 aromatic heterocycles. The van der Waals surface area contributed by atoms with E-state index in [1.165, 1.54) is 18.2 Å². The second-order valence-electron chi connectivity index (χ2n) is 6.65. The maximum Gasteiger partial charge on any atom is 0.349 e. The van der Waals surface area contributed by atoms with Gasteiger partial charge in [-0.2, -0.15) is 0 Å². The zero-order chi connectivity index (χ0) is 21.7. The molecule has 0 saturated carbocycles. The molecular formula is C23H21NO6. The van der Waals surface area contributed by atoms with E-state index in [2.05, 4.69) is 11.9 Å². The SMILES string of the molecule is C=CCNC(=O)c1cc2ccc(OC(=O)COc3ccc(C)c(C)c3)cc2oc1=O. The molecule has 0 aliphatic rings. The van der Waals surface area contributed by atoms with Gasteiger partial charge in [0.05, 0.1) is 0 Å². The number of esters is 1. The lowest BCUT2D eigenvalue weighted by atomic mass is 10.1. The normalized spacial score (nSPS) is 10.5. The van der Waals surface area contributed by atoms with Gasteiger partial charge in [0.15, 0.2) is 6.61 Å². The van der Waals surface area contributed by atoms with Gasteiger partial charge in [-0.05, 0) is 55.3 Å². The second-order valence-corrected chi connectivity index (χ2v) is 6.65. The topological polar surface area (TPSA) is 94.8 Å². The van der Waals surface area contributed by atoms with Gasteiger partial charge in [0.1, 0.15) is 22.6 Å². The van der Waals surface area contributed by atoms with Crippen LogP contribution in [0.25, 0.3) is 11.0 Å². The number of amides is 1. The van der Waals surface area contributed by atoms with Crippen molar-refractivity contribution in [3.8, 4) is 11.5 Å². The Morgan fingerprint density at radius 3 is 2.57 bits per heavy atom. The number of aryl methyl sites for hydroxylation is 2. The van der Waals surface area contributed by atoms with Gasteiger partial charge in [-0.15, -0.1) is 6.58 Å². The Bertz CT molecular complexity index is 1180. The standard InChI is InChI=1S/C23H21NO6/c1-4-9-24-22(26)19-11-16-6-8-18(12-20(16)30-23(19)27)29-21(25)13-28-17-7-5-14(2)15(3)10-17/h4-8,10-12H,1,9,13H2,2-3H3,(H,24,26). The third kappa shape index (κ3) is 4.94. The average molecular weight is 407 g/mol. The molecule has 0 saturated heterocycles. The van der Waals surface area contributed by atoms with E-state index >= 15 is 0 Å². The Morgan fingerprint density at radius 2 is 1.83 bits per heavy atom. The highest BCUT2D eigenvalue weighted by atomic mass is 16.6. The smallest absolute Gasteiger partial charge is 0.349 e. The largest absolute Gasteiger partial charge is 0.482 e. The number of nitrogens with one attached hydrogen (secondary N) is 1. The van der Waals surface area contributed by atoms with Crippen LogP contribution in [0.2, 0.25) is 0 Å². The van der Waals surface area contributed by atoms with Crippen molar-refractivity contribution in [3.63, 3.8) is 0 Å². The summed E-state index contributed by atoms with van der Waals surface area (Å²) < 4.78 is 15.9. The number of carbonyl (C=O) groups is 2. The molecule has 0 bridgehead atoms. The van der Waals surface area contributed by atoms with Crippen LogP contribution in [0.15, 0.2) is 64.3 Å². The van der Waals surface area contributed by atoms with Crippen molar-refractivity contribution in [3.05, 3.63) is 82.2 Å². The first-order valence-corrected chi connectivity index (χ1v) is 9.25. The van der Waals surface area contributed by atoms with Gasteiger partial charge in [0.2, 0.25) is 0 Å². The van der Waals surface area contributed by atoms with Crippen LogP contribution < -0.4 is 20.4 Å². The van der Waals surface area contributed by atoms with Crippen LogP contribution in [0.5, 0.6) is 11.5 Å². The summed E-state index contributed by atoms with van der Waals surface area (Å²) in [5, 5.41) is 3.04. The molecule has 0 radical (unpaired) electrons. The van der Waals surface area contributed by atoms with Gasteiger partial charge in [-0.3, -0.25) is 4.79 Å². The first-order valence-electron chi connectivity index (χ1n) is 9.25. The molecule has 3 aromatic rings. The fourth-order valence-corrected chi connectivity index (χ4v) is 2.68. The molecule has 154 valence electrons. The molecule has 1 N–H and O–H groups in total. The molecule has 30 heavy (non-hydrogen) atoms. The van der Waals surface area contributed by atoms with Crippen molar-refractivity contribution in [1.82, 2.24) is 5.32 Å². The fourth-order valence-electron chi connectivity index (χ4n) is 2.68. The number of rotatable bonds is 7. The van der Waals surface area contributed by atoms with E-state index in [-0.39, 0.29) is 30.0 Å². The van der Waals surface area contributed by atoms with Gasteiger partial charge in [-0.25, -0.2) is 9.59 Å². The molecule has 0 aliphatic heterocycles. The maximum atomic E-state index is 12.1. The quantitative estimate of drug-likeness (QED) is 0.279. The molecule has 0 aliphatic carbocycles. The highest BCUT2D eigenvalue weighted by molar-refractivity contribution is 5.96. The Balaban J connectivity index is 1.69. The molecule has 2 aromatic carbocycles. The van der Waals surface area contributed by atoms with Crippen LogP contribution in [0.4, 0.5) is 0 Å². The van der Waals surface area contributed by atoms with Crippen LogP contribution in [-0.4, -0.2) is 25.0 Å². The third-order valence-electron chi connectivity index (χ3n) is 4.43. The van der Waals surface area contributed by atoms with Gasteiger partial charge in [0, 0.05) is 18.0 Å². The monoisotopic (exact) mass is 407 g/mol. The summed E-state index contributed by atoms with van der Waals surface area (Å²) in [5.41, 5.74) is 1.48. The van der Waals surface area contributed by atoms with Crippen LogP contribution >= 0.6 is 0 Å². The molecule has 7 nitrogen and oxygen atoms in total.